The first-order valence-electron chi connectivity index (χ1n) is 22.9. The van der Waals surface area contributed by atoms with Crippen LogP contribution in [0.25, 0.3) is 22.3 Å². The van der Waals surface area contributed by atoms with Gasteiger partial charge in [-0.25, -0.2) is 29.9 Å². The molecule has 3 aromatic carbocycles. The molecule has 8 aromatic rings. The van der Waals surface area contributed by atoms with Gasteiger partial charge in [0, 0.05) is 54.7 Å². The van der Waals surface area contributed by atoms with Crippen molar-refractivity contribution >= 4 is 96.9 Å². The lowest BCUT2D eigenvalue weighted by Gasteiger charge is -2.18. The lowest BCUT2D eigenvalue weighted by Crippen LogP contribution is -2.25. The number of hydrogen-bond donors (Lipinski definition) is 5. The highest BCUT2D eigenvalue weighted by Gasteiger charge is 2.20. The molecule has 1 unspecified atom stereocenters. The van der Waals surface area contributed by atoms with Crippen molar-refractivity contribution in [2.45, 2.75) is 104 Å². The molecule has 16 nitrogen and oxygen atoms in total. The summed E-state index contributed by atoms with van der Waals surface area (Å²) in [5.41, 5.74) is 7.55. The summed E-state index contributed by atoms with van der Waals surface area (Å²) >= 11 is 15.2. The van der Waals surface area contributed by atoms with Gasteiger partial charge in [0.25, 0.3) is 0 Å². The molecule has 0 fully saturated rings. The van der Waals surface area contributed by atoms with Gasteiger partial charge in [0.1, 0.15) is 12.1 Å². The standard InChI is InChI=1S/C19H26N6O.C15H16ClN5.C13H11ClN4.C3H7Br/c1-4-15(11-26)23-19-24-16-17(20-10-14-8-6-5-7-9-14)21-12-22-18(16)25(19)13(2)3;1-10(2)21-9-18-12-13(19-15(16)20-14(12)21)17-8-11-6-4-3-5-7-11;14-13-17-11-10(6-7-15-11)12(18-13)16-8-9-4-2-1-3-5-9;1-3(2)4/h5-9,12-13,15,26H,4,10-11H2,1-3H3,(H,23,24)(H,20,21,22);3-7,9-10H,8H2,1-2H3,(H,17,19,20);1-5,7H,6,8H2,(H,16,17,18);3H,1-2H3. The van der Waals surface area contributed by atoms with Crippen LogP contribution in [0.1, 0.15) is 89.2 Å². The molecule has 0 amide bonds. The van der Waals surface area contributed by atoms with Gasteiger partial charge < -0.3 is 30.9 Å². The normalized spacial score (nSPS) is 11.9. The third kappa shape index (κ3) is 14.9. The molecule has 5 N–H and O–H groups in total. The molecule has 0 bridgehead atoms. The quantitative estimate of drug-likeness (QED) is 0.0481. The summed E-state index contributed by atoms with van der Waals surface area (Å²) in [7, 11) is 0. The number of anilines is 4. The number of benzene rings is 3. The number of aliphatic hydroxyl groups excluding tert-OH is 1. The van der Waals surface area contributed by atoms with Crippen LogP contribution in [0.15, 0.2) is 109 Å². The third-order valence-corrected chi connectivity index (χ3v) is 10.7. The van der Waals surface area contributed by atoms with Crippen LogP contribution >= 0.6 is 39.1 Å². The predicted octanol–water partition coefficient (Wildman–Crippen LogP) is 11.7. The number of halogens is 3. The molecule has 0 aliphatic carbocycles. The van der Waals surface area contributed by atoms with E-state index in [1.165, 1.54) is 16.7 Å². The first-order chi connectivity index (χ1) is 33.3. The smallest absolute Gasteiger partial charge is 0.226 e. The molecular weight excluding hydrogens is 977 g/mol. The van der Waals surface area contributed by atoms with E-state index in [9.17, 15) is 5.11 Å². The Kier molecular flexibility index (Phi) is 19.6. The zero-order valence-corrected chi connectivity index (χ0v) is 43.0. The van der Waals surface area contributed by atoms with Crippen LogP contribution in [0.4, 0.5) is 29.2 Å². The monoisotopic (exact) mass is 1040 g/mol. The van der Waals surface area contributed by atoms with Crippen molar-refractivity contribution in [1.82, 2.24) is 49.0 Å². The van der Waals surface area contributed by atoms with Gasteiger partial charge in [-0.05, 0) is 74.0 Å². The second kappa shape index (κ2) is 25.9. The lowest BCUT2D eigenvalue weighted by atomic mass is 10.2. The molecule has 5 aromatic heterocycles. The minimum absolute atomic E-state index is 0.0435. The van der Waals surface area contributed by atoms with E-state index < -0.39 is 0 Å². The van der Waals surface area contributed by atoms with E-state index in [2.05, 4.69) is 155 Å². The second-order valence-corrected chi connectivity index (χ2v) is 19.2. The Morgan fingerprint density at radius 1 is 0.638 bits per heavy atom. The zero-order valence-electron chi connectivity index (χ0n) is 39.9. The van der Waals surface area contributed by atoms with Crippen LogP contribution in [0.2, 0.25) is 10.6 Å². The van der Waals surface area contributed by atoms with Crippen molar-refractivity contribution in [2.75, 3.05) is 27.9 Å². The summed E-state index contributed by atoms with van der Waals surface area (Å²) in [4.78, 5) is 39.6. The van der Waals surface area contributed by atoms with Gasteiger partial charge in [-0.15, -0.1) is 0 Å². The van der Waals surface area contributed by atoms with E-state index in [0.717, 1.165) is 46.6 Å². The summed E-state index contributed by atoms with van der Waals surface area (Å²) in [6, 6.07) is 30.8. The maximum Gasteiger partial charge on any atom is 0.226 e. The summed E-state index contributed by atoms with van der Waals surface area (Å²) in [6.45, 7) is 16.6. The number of fused-ring (bicyclic) bond motifs is 3. The Balaban J connectivity index is 0.000000166. The first kappa shape index (κ1) is 52.1. The number of imidazole rings is 2. The van der Waals surface area contributed by atoms with Crippen molar-refractivity contribution in [3.05, 3.63) is 136 Å². The van der Waals surface area contributed by atoms with Crippen molar-refractivity contribution in [2.24, 2.45) is 4.99 Å². The van der Waals surface area contributed by atoms with Crippen molar-refractivity contribution in [3.63, 3.8) is 0 Å². The molecule has 1 aliphatic rings. The van der Waals surface area contributed by atoms with E-state index in [0.29, 0.717) is 47.9 Å². The van der Waals surface area contributed by atoms with Crippen LogP contribution in [0.5, 0.6) is 0 Å². The Bertz CT molecular complexity index is 2850. The fraction of sp³-hybridized carbons (Fsp3) is 0.340. The molecular formula is C50H60BrCl2N15O. The topological polar surface area (TPSA) is 194 Å². The Morgan fingerprint density at radius 2 is 1.17 bits per heavy atom. The predicted molar refractivity (Wildman–Crippen MR) is 285 cm³/mol. The van der Waals surface area contributed by atoms with Crippen LogP contribution in [-0.4, -0.2) is 77.8 Å². The number of hydrogen-bond acceptors (Lipinski definition) is 14. The summed E-state index contributed by atoms with van der Waals surface area (Å²) in [6.07, 6.45) is 6.72. The molecule has 9 rings (SSSR count). The molecule has 362 valence electrons. The van der Waals surface area contributed by atoms with E-state index in [1.54, 1.807) is 12.7 Å². The lowest BCUT2D eigenvalue weighted by molar-refractivity contribution is 0.271. The molecule has 69 heavy (non-hydrogen) atoms. The zero-order chi connectivity index (χ0) is 49.3. The largest absolute Gasteiger partial charge is 0.394 e. The first-order valence-corrected chi connectivity index (χ1v) is 24.6. The minimum atomic E-state index is -0.0435. The van der Waals surface area contributed by atoms with Gasteiger partial charge in [0.15, 0.2) is 39.8 Å². The van der Waals surface area contributed by atoms with Crippen LogP contribution in [-0.2, 0) is 26.1 Å². The van der Waals surface area contributed by atoms with Gasteiger partial charge in [-0.3, -0.25) is 4.57 Å². The SMILES string of the molecule is CC(C)Br.CC(C)n1cnc2c(NCc3ccccc3)nc(Cl)nc21.CCC(CO)Nc1nc2c(NCc3ccccc3)ncnc2n1C(C)C.Clc1nc2c(c(NCc3ccccc3)n1)CC=N2. The molecule has 19 heteroatoms. The number of aliphatic hydroxyl groups is 1. The Labute approximate surface area is 422 Å². The highest BCUT2D eigenvalue weighted by Crippen LogP contribution is 2.30. The molecule has 1 aliphatic heterocycles. The van der Waals surface area contributed by atoms with Crippen LogP contribution in [0.3, 0.4) is 0 Å². The van der Waals surface area contributed by atoms with Gasteiger partial charge >= 0.3 is 0 Å². The van der Waals surface area contributed by atoms with Gasteiger partial charge in [0.2, 0.25) is 16.5 Å². The van der Waals surface area contributed by atoms with E-state index in [4.69, 9.17) is 28.2 Å². The number of nitrogens with one attached hydrogen (secondary N) is 4. The average Bonchev–Trinajstić information content (AvgIpc) is 4.10. The fourth-order valence-electron chi connectivity index (χ4n) is 6.93. The van der Waals surface area contributed by atoms with Gasteiger partial charge in [0.05, 0.1) is 19.0 Å². The number of alkyl halides is 1. The second-order valence-electron chi connectivity index (χ2n) is 16.7. The van der Waals surface area contributed by atoms with E-state index in [1.807, 2.05) is 76.9 Å². The maximum absolute atomic E-state index is 9.52. The van der Waals surface area contributed by atoms with Gasteiger partial charge in [-0.1, -0.05) is 128 Å². The van der Waals surface area contributed by atoms with E-state index >= 15 is 0 Å². The van der Waals surface area contributed by atoms with Crippen molar-refractivity contribution < 1.29 is 5.11 Å². The molecule has 0 spiro atoms. The number of rotatable bonds is 15. The molecule has 0 radical (unpaired) electrons. The molecule has 6 heterocycles. The molecule has 1 atom stereocenters. The van der Waals surface area contributed by atoms with Crippen molar-refractivity contribution in [3.8, 4) is 0 Å². The summed E-state index contributed by atoms with van der Waals surface area (Å²) < 4.78 is 4.03. The van der Waals surface area contributed by atoms with E-state index in [-0.39, 0.29) is 35.3 Å². The maximum atomic E-state index is 9.52. The summed E-state index contributed by atoms with van der Waals surface area (Å²) in [5, 5.41) is 23.2. The fourth-order valence-corrected chi connectivity index (χ4v) is 7.26. The Hall–Kier alpha value is -6.27. The average molecular weight is 1040 g/mol. The van der Waals surface area contributed by atoms with Gasteiger partial charge in [-0.2, -0.15) is 15.0 Å². The molecule has 0 saturated heterocycles. The third-order valence-electron chi connectivity index (χ3n) is 10.4. The van der Waals surface area contributed by atoms with Crippen molar-refractivity contribution in [1.29, 1.82) is 0 Å². The number of aliphatic imine (C=N–C) groups is 1. The summed E-state index contributed by atoms with van der Waals surface area (Å²) in [5.74, 6) is 3.52. The van der Waals surface area contributed by atoms with Crippen LogP contribution < -0.4 is 21.3 Å². The minimum Gasteiger partial charge on any atom is -0.394 e. The molecule has 0 saturated carbocycles. The highest BCUT2D eigenvalue weighted by molar-refractivity contribution is 9.09. The number of nitrogens with zero attached hydrogens (tertiary/aromatic N) is 11. The number of aromatic nitrogens is 10. The highest BCUT2D eigenvalue weighted by atomic mass is 79.9. The Morgan fingerprint density at radius 3 is 1.71 bits per heavy atom. The van der Waals surface area contributed by atoms with Crippen LogP contribution in [0, 0.1) is 0 Å².